The van der Waals surface area contributed by atoms with Gasteiger partial charge in [-0.3, -0.25) is 0 Å². The van der Waals surface area contributed by atoms with Crippen molar-refractivity contribution >= 4 is 16.7 Å². The Labute approximate surface area is 117 Å². The highest BCUT2D eigenvalue weighted by Gasteiger charge is 2.08. The fourth-order valence-electron chi connectivity index (χ4n) is 2.18. The first-order valence-corrected chi connectivity index (χ1v) is 6.35. The van der Waals surface area contributed by atoms with Crippen LogP contribution in [-0.2, 0) is 0 Å². The normalized spacial score (nSPS) is 10.4. The van der Waals surface area contributed by atoms with E-state index in [1.165, 1.54) is 0 Å². The van der Waals surface area contributed by atoms with Crippen molar-refractivity contribution in [3.8, 4) is 17.5 Å². The minimum atomic E-state index is 0.593. The Bertz CT molecular complexity index is 791. The molecule has 1 heterocycles. The number of aromatic amines is 1. The maximum atomic E-state index is 9.10. The zero-order valence-electron chi connectivity index (χ0n) is 11.4. The lowest BCUT2D eigenvalue weighted by Crippen LogP contribution is -2.07. The maximum Gasteiger partial charge on any atom is 0.138 e. The predicted molar refractivity (Wildman–Crippen MR) is 80.6 cm³/mol. The summed E-state index contributed by atoms with van der Waals surface area (Å²) in [6, 6.07) is 15.9. The van der Waals surface area contributed by atoms with Crippen LogP contribution in [0.5, 0.6) is 0 Å². The summed E-state index contributed by atoms with van der Waals surface area (Å²) in [6.07, 6.45) is 0. The van der Waals surface area contributed by atoms with Crippen LogP contribution in [0.25, 0.3) is 22.4 Å². The van der Waals surface area contributed by atoms with Gasteiger partial charge in [0.15, 0.2) is 0 Å². The quantitative estimate of drug-likeness (QED) is 0.771. The van der Waals surface area contributed by atoms with E-state index in [0.29, 0.717) is 5.56 Å². The van der Waals surface area contributed by atoms with Gasteiger partial charge in [0.2, 0.25) is 0 Å². The zero-order valence-corrected chi connectivity index (χ0v) is 11.4. The highest BCUT2D eigenvalue weighted by molar-refractivity contribution is 5.84. The number of rotatable bonds is 2. The van der Waals surface area contributed by atoms with E-state index in [4.69, 9.17) is 5.26 Å². The van der Waals surface area contributed by atoms with Gasteiger partial charge in [-0.15, -0.1) is 0 Å². The van der Waals surface area contributed by atoms with Crippen LogP contribution in [0, 0.1) is 11.3 Å². The van der Waals surface area contributed by atoms with E-state index >= 15 is 0 Å². The molecule has 0 saturated carbocycles. The van der Waals surface area contributed by atoms with E-state index in [-0.39, 0.29) is 0 Å². The Morgan fingerprint density at radius 1 is 1.10 bits per heavy atom. The van der Waals surface area contributed by atoms with E-state index in [9.17, 15) is 0 Å². The third kappa shape index (κ3) is 1.99. The van der Waals surface area contributed by atoms with Crippen molar-refractivity contribution in [2.75, 3.05) is 19.0 Å². The van der Waals surface area contributed by atoms with Crippen LogP contribution >= 0.6 is 0 Å². The Morgan fingerprint density at radius 2 is 1.85 bits per heavy atom. The second-order valence-corrected chi connectivity index (χ2v) is 4.84. The van der Waals surface area contributed by atoms with Gasteiger partial charge in [0.05, 0.1) is 11.1 Å². The van der Waals surface area contributed by atoms with Crippen molar-refractivity contribution in [3.05, 3.63) is 48.0 Å². The van der Waals surface area contributed by atoms with Crippen molar-refractivity contribution in [1.82, 2.24) is 9.97 Å². The van der Waals surface area contributed by atoms with Crippen molar-refractivity contribution in [3.63, 3.8) is 0 Å². The van der Waals surface area contributed by atoms with E-state index in [1.807, 2.05) is 50.5 Å². The standard InChI is InChI=1S/C16H14N4/c1-20(2)13-8-6-11(7-9-13)16-18-14-5-3-4-12(10-17)15(14)19-16/h3-9H,1-2H3,(H,18,19). The van der Waals surface area contributed by atoms with Crippen LogP contribution in [0.4, 0.5) is 5.69 Å². The Balaban J connectivity index is 2.08. The Morgan fingerprint density at radius 3 is 2.50 bits per heavy atom. The topological polar surface area (TPSA) is 55.7 Å². The monoisotopic (exact) mass is 262 g/mol. The van der Waals surface area contributed by atoms with E-state index in [1.54, 1.807) is 6.07 Å². The molecular formula is C16H14N4. The minimum Gasteiger partial charge on any atom is -0.378 e. The number of anilines is 1. The second kappa shape index (κ2) is 4.71. The van der Waals surface area contributed by atoms with Gasteiger partial charge < -0.3 is 9.88 Å². The Hall–Kier alpha value is -2.80. The molecule has 98 valence electrons. The van der Waals surface area contributed by atoms with Gasteiger partial charge in [-0.2, -0.15) is 5.26 Å². The number of nitrogens with one attached hydrogen (secondary N) is 1. The number of aromatic nitrogens is 2. The number of nitrogens with zero attached hydrogens (tertiary/aromatic N) is 3. The van der Waals surface area contributed by atoms with Gasteiger partial charge in [-0.05, 0) is 36.4 Å². The van der Waals surface area contributed by atoms with Crippen LogP contribution in [-0.4, -0.2) is 24.1 Å². The molecule has 0 bridgehead atoms. The third-order valence-electron chi connectivity index (χ3n) is 3.29. The summed E-state index contributed by atoms with van der Waals surface area (Å²) in [5, 5.41) is 9.10. The minimum absolute atomic E-state index is 0.593. The molecule has 2 aromatic carbocycles. The highest BCUT2D eigenvalue weighted by Crippen LogP contribution is 2.24. The number of benzene rings is 2. The largest absolute Gasteiger partial charge is 0.378 e. The van der Waals surface area contributed by atoms with Gasteiger partial charge in [-0.1, -0.05) is 6.07 Å². The van der Waals surface area contributed by atoms with E-state index in [2.05, 4.69) is 20.9 Å². The number of fused-ring (bicyclic) bond motifs is 1. The first kappa shape index (κ1) is 12.2. The molecule has 4 nitrogen and oxygen atoms in total. The SMILES string of the molecule is CN(C)c1ccc(-c2nc3c(C#N)cccc3[nH]2)cc1. The molecule has 1 aromatic heterocycles. The summed E-state index contributed by atoms with van der Waals surface area (Å²) in [5.41, 5.74) is 4.35. The van der Waals surface area contributed by atoms with Crippen LogP contribution in [0.1, 0.15) is 5.56 Å². The van der Waals surface area contributed by atoms with Gasteiger partial charge in [0, 0.05) is 25.3 Å². The third-order valence-corrected chi connectivity index (χ3v) is 3.29. The summed E-state index contributed by atoms with van der Waals surface area (Å²) in [5.74, 6) is 0.785. The molecule has 0 atom stereocenters. The van der Waals surface area contributed by atoms with Gasteiger partial charge >= 0.3 is 0 Å². The molecule has 0 amide bonds. The molecule has 4 heteroatoms. The van der Waals surface area contributed by atoms with Crippen LogP contribution in [0.3, 0.4) is 0 Å². The molecule has 3 rings (SSSR count). The number of nitriles is 1. The number of H-pyrrole nitrogens is 1. The molecule has 0 aliphatic carbocycles. The molecule has 0 fully saturated rings. The fourth-order valence-corrected chi connectivity index (χ4v) is 2.18. The number of hydrogen-bond acceptors (Lipinski definition) is 3. The molecule has 0 unspecified atom stereocenters. The average Bonchev–Trinajstić information content (AvgIpc) is 2.91. The first-order chi connectivity index (χ1) is 9.69. The number of para-hydroxylation sites is 1. The average molecular weight is 262 g/mol. The zero-order chi connectivity index (χ0) is 14.1. The van der Waals surface area contributed by atoms with E-state index in [0.717, 1.165) is 28.1 Å². The summed E-state index contributed by atoms with van der Waals surface area (Å²) in [7, 11) is 4.02. The number of imidazole rings is 1. The molecule has 20 heavy (non-hydrogen) atoms. The van der Waals surface area contributed by atoms with E-state index < -0.39 is 0 Å². The van der Waals surface area contributed by atoms with Gasteiger partial charge in [-0.25, -0.2) is 4.98 Å². The summed E-state index contributed by atoms with van der Waals surface area (Å²) in [6.45, 7) is 0. The summed E-state index contributed by atoms with van der Waals surface area (Å²) in [4.78, 5) is 9.85. The van der Waals surface area contributed by atoms with Gasteiger partial charge in [0.25, 0.3) is 0 Å². The van der Waals surface area contributed by atoms with Crippen LogP contribution < -0.4 is 4.90 Å². The lowest BCUT2D eigenvalue weighted by atomic mass is 10.2. The molecule has 0 aliphatic rings. The van der Waals surface area contributed by atoms with Crippen LogP contribution in [0.2, 0.25) is 0 Å². The maximum absolute atomic E-state index is 9.10. The molecule has 0 aliphatic heterocycles. The molecule has 1 N–H and O–H groups in total. The molecular weight excluding hydrogens is 248 g/mol. The Kier molecular flexibility index (Phi) is 2.88. The van der Waals surface area contributed by atoms with Crippen molar-refractivity contribution < 1.29 is 0 Å². The van der Waals surface area contributed by atoms with Crippen molar-refractivity contribution in [1.29, 1.82) is 5.26 Å². The van der Waals surface area contributed by atoms with Crippen molar-refractivity contribution in [2.24, 2.45) is 0 Å². The predicted octanol–water partition coefficient (Wildman–Crippen LogP) is 3.17. The molecule has 0 spiro atoms. The van der Waals surface area contributed by atoms with Gasteiger partial charge in [0.1, 0.15) is 17.4 Å². The summed E-state index contributed by atoms with van der Waals surface area (Å²) >= 11 is 0. The smallest absolute Gasteiger partial charge is 0.138 e. The lowest BCUT2D eigenvalue weighted by Gasteiger charge is -2.11. The highest BCUT2D eigenvalue weighted by atomic mass is 15.1. The van der Waals surface area contributed by atoms with Crippen molar-refractivity contribution in [2.45, 2.75) is 0 Å². The second-order valence-electron chi connectivity index (χ2n) is 4.84. The molecule has 3 aromatic rings. The first-order valence-electron chi connectivity index (χ1n) is 6.35. The number of hydrogen-bond donors (Lipinski definition) is 1. The fraction of sp³-hybridized carbons (Fsp3) is 0.125. The lowest BCUT2D eigenvalue weighted by molar-refractivity contribution is 1.13. The molecule has 0 radical (unpaired) electrons. The summed E-state index contributed by atoms with van der Waals surface area (Å²) < 4.78 is 0. The van der Waals surface area contributed by atoms with Crippen LogP contribution in [0.15, 0.2) is 42.5 Å². The molecule has 0 saturated heterocycles.